The van der Waals surface area contributed by atoms with Crippen LogP contribution in [0.2, 0.25) is 0 Å². The highest BCUT2D eigenvalue weighted by Gasteiger charge is 2.29. The molecule has 1 unspecified atom stereocenters. The molecule has 0 aromatic rings. The number of rotatable bonds is 7. The van der Waals surface area contributed by atoms with Gasteiger partial charge >= 0.3 is 11.9 Å². The molecule has 0 aromatic carbocycles. The molecule has 1 N–H and O–H groups in total. The molecule has 0 saturated carbocycles. The zero-order valence-corrected chi connectivity index (χ0v) is 8.99. The summed E-state index contributed by atoms with van der Waals surface area (Å²) < 4.78 is 4.65. The second-order valence-corrected chi connectivity index (χ2v) is 3.12. The highest BCUT2D eigenvalue weighted by Crippen LogP contribution is 2.11. The summed E-state index contributed by atoms with van der Waals surface area (Å²) in [7, 11) is 0. The van der Waals surface area contributed by atoms with Gasteiger partial charge in [0.2, 0.25) is 0 Å². The van der Waals surface area contributed by atoms with Crippen LogP contribution in [0.4, 0.5) is 0 Å². The first-order valence-corrected chi connectivity index (χ1v) is 4.94. The minimum absolute atomic E-state index is 0.147. The Balaban J connectivity index is 4.49. The van der Waals surface area contributed by atoms with Gasteiger partial charge < -0.3 is 9.84 Å². The number of ether oxygens (including phenoxy) is 1. The number of hydrogen-bond donors (Lipinski definition) is 1. The van der Waals surface area contributed by atoms with E-state index < -0.39 is 24.3 Å². The third-order valence-electron chi connectivity index (χ3n) is 1.83. The average molecular weight is 216 g/mol. The molecule has 0 radical (unpaired) electrons. The van der Waals surface area contributed by atoms with Gasteiger partial charge in [0.1, 0.15) is 11.7 Å². The van der Waals surface area contributed by atoms with Crippen molar-refractivity contribution < 1.29 is 24.2 Å². The lowest BCUT2D eigenvalue weighted by atomic mass is 9.97. The molecule has 0 saturated heterocycles. The van der Waals surface area contributed by atoms with E-state index in [1.165, 1.54) is 0 Å². The quantitative estimate of drug-likeness (QED) is 0.507. The van der Waals surface area contributed by atoms with Gasteiger partial charge in [-0.2, -0.15) is 0 Å². The lowest BCUT2D eigenvalue weighted by molar-refractivity contribution is -0.156. The van der Waals surface area contributed by atoms with Crippen LogP contribution >= 0.6 is 0 Å². The minimum atomic E-state index is -1.17. The van der Waals surface area contributed by atoms with Crippen molar-refractivity contribution in [2.45, 2.75) is 33.1 Å². The largest absolute Gasteiger partial charge is 0.481 e. The highest BCUT2D eigenvalue weighted by molar-refractivity contribution is 6.01. The van der Waals surface area contributed by atoms with Crippen molar-refractivity contribution in [3.8, 4) is 0 Å². The Kier molecular flexibility index (Phi) is 6.33. The maximum absolute atomic E-state index is 11.4. The fourth-order valence-electron chi connectivity index (χ4n) is 1.17. The molecule has 15 heavy (non-hydrogen) atoms. The van der Waals surface area contributed by atoms with Gasteiger partial charge in [0.15, 0.2) is 0 Å². The van der Waals surface area contributed by atoms with Crippen LogP contribution in [0.3, 0.4) is 0 Å². The van der Waals surface area contributed by atoms with E-state index in [9.17, 15) is 14.4 Å². The van der Waals surface area contributed by atoms with E-state index in [0.29, 0.717) is 6.42 Å². The number of carbonyl (C=O) groups excluding carboxylic acids is 2. The zero-order valence-electron chi connectivity index (χ0n) is 8.99. The monoisotopic (exact) mass is 216 g/mol. The van der Waals surface area contributed by atoms with Gasteiger partial charge in [-0.1, -0.05) is 6.92 Å². The first-order chi connectivity index (χ1) is 7.02. The second kappa shape index (κ2) is 6.98. The van der Waals surface area contributed by atoms with Crippen LogP contribution in [-0.4, -0.2) is 29.4 Å². The lowest BCUT2D eigenvalue weighted by Crippen LogP contribution is -2.28. The molecular weight excluding hydrogens is 200 g/mol. The van der Waals surface area contributed by atoms with Crippen molar-refractivity contribution in [2.24, 2.45) is 5.92 Å². The lowest BCUT2D eigenvalue weighted by Gasteiger charge is -2.11. The van der Waals surface area contributed by atoms with Crippen LogP contribution in [0.1, 0.15) is 33.1 Å². The van der Waals surface area contributed by atoms with Crippen LogP contribution in [0.5, 0.6) is 0 Å². The molecule has 0 spiro atoms. The van der Waals surface area contributed by atoms with Gasteiger partial charge in [0.25, 0.3) is 0 Å². The molecule has 1 atom stereocenters. The topological polar surface area (TPSA) is 80.7 Å². The summed E-state index contributed by atoms with van der Waals surface area (Å²) >= 11 is 0. The van der Waals surface area contributed by atoms with Gasteiger partial charge in [0, 0.05) is 6.42 Å². The van der Waals surface area contributed by atoms with Crippen molar-refractivity contribution in [3.05, 3.63) is 0 Å². The van der Waals surface area contributed by atoms with E-state index >= 15 is 0 Å². The van der Waals surface area contributed by atoms with Crippen molar-refractivity contribution in [2.75, 3.05) is 6.61 Å². The van der Waals surface area contributed by atoms with Crippen molar-refractivity contribution in [1.82, 2.24) is 0 Å². The fourth-order valence-corrected chi connectivity index (χ4v) is 1.17. The molecule has 0 aliphatic carbocycles. The first kappa shape index (κ1) is 13.6. The molecule has 5 heteroatoms. The van der Waals surface area contributed by atoms with Gasteiger partial charge in [0.05, 0.1) is 13.0 Å². The van der Waals surface area contributed by atoms with Crippen LogP contribution in [0.25, 0.3) is 0 Å². The third-order valence-corrected chi connectivity index (χ3v) is 1.83. The zero-order chi connectivity index (χ0) is 11.8. The maximum atomic E-state index is 11.4. The molecule has 0 aromatic heterocycles. The molecule has 0 bridgehead atoms. The van der Waals surface area contributed by atoms with Crippen LogP contribution in [0.15, 0.2) is 0 Å². The Morgan fingerprint density at radius 3 is 2.27 bits per heavy atom. The number of ketones is 1. The SMILES string of the molecule is CCCC(=O)C(CC(=O)O)C(=O)OCC. The summed E-state index contributed by atoms with van der Waals surface area (Å²) in [5.74, 6) is -3.42. The molecule has 0 rings (SSSR count). The summed E-state index contributed by atoms with van der Waals surface area (Å²) in [4.78, 5) is 33.2. The summed E-state index contributed by atoms with van der Waals surface area (Å²) in [6.07, 6.45) is 0.308. The summed E-state index contributed by atoms with van der Waals surface area (Å²) in [6.45, 7) is 3.55. The van der Waals surface area contributed by atoms with E-state index in [1.54, 1.807) is 13.8 Å². The smallest absolute Gasteiger partial charge is 0.317 e. The standard InChI is InChI=1S/C10H16O5/c1-3-5-8(11)7(6-9(12)13)10(14)15-4-2/h7H,3-6H2,1-2H3,(H,12,13). The van der Waals surface area contributed by atoms with Gasteiger partial charge in [-0.3, -0.25) is 14.4 Å². The molecular formula is C10H16O5. The Labute approximate surface area is 88.4 Å². The molecule has 0 aliphatic rings. The molecule has 0 heterocycles. The molecule has 86 valence electrons. The van der Waals surface area contributed by atoms with E-state index in [4.69, 9.17) is 5.11 Å². The van der Waals surface area contributed by atoms with Crippen molar-refractivity contribution in [3.63, 3.8) is 0 Å². The van der Waals surface area contributed by atoms with E-state index in [2.05, 4.69) is 4.74 Å². The predicted octanol–water partition coefficient (Wildman–Crippen LogP) is 1.01. The summed E-state index contributed by atoms with van der Waals surface area (Å²) in [6, 6.07) is 0. The van der Waals surface area contributed by atoms with Crippen LogP contribution in [0, 0.1) is 5.92 Å². The van der Waals surface area contributed by atoms with E-state index in [0.717, 1.165) is 0 Å². The second-order valence-electron chi connectivity index (χ2n) is 3.12. The number of esters is 1. The Bertz CT molecular complexity index is 228. The van der Waals surface area contributed by atoms with Crippen molar-refractivity contribution in [1.29, 1.82) is 0 Å². The van der Waals surface area contributed by atoms with Gasteiger partial charge in [-0.05, 0) is 13.3 Å². The first-order valence-electron chi connectivity index (χ1n) is 4.94. The van der Waals surface area contributed by atoms with Gasteiger partial charge in [-0.15, -0.1) is 0 Å². The summed E-state index contributed by atoms with van der Waals surface area (Å²) in [5, 5.41) is 8.56. The molecule has 0 aliphatic heterocycles. The molecule has 0 amide bonds. The Morgan fingerprint density at radius 1 is 1.27 bits per heavy atom. The fraction of sp³-hybridized carbons (Fsp3) is 0.700. The number of Topliss-reactive ketones (excluding diaryl/α,β-unsaturated/α-hetero) is 1. The number of carbonyl (C=O) groups is 3. The Hall–Kier alpha value is -1.39. The van der Waals surface area contributed by atoms with Crippen LogP contribution < -0.4 is 0 Å². The Morgan fingerprint density at radius 2 is 1.87 bits per heavy atom. The average Bonchev–Trinajstić information content (AvgIpc) is 2.14. The summed E-state index contributed by atoms with van der Waals surface area (Å²) in [5.41, 5.74) is 0. The highest BCUT2D eigenvalue weighted by atomic mass is 16.5. The molecule has 0 fully saturated rings. The number of carboxylic acids is 1. The number of hydrogen-bond acceptors (Lipinski definition) is 4. The van der Waals surface area contributed by atoms with E-state index in [-0.39, 0.29) is 18.8 Å². The minimum Gasteiger partial charge on any atom is -0.481 e. The van der Waals surface area contributed by atoms with Gasteiger partial charge in [-0.25, -0.2) is 0 Å². The van der Waals surface area contributed by atoms with Crippen molar-refractivity contribution >= 4 is 17.7 Å². The third kappa shape index (κ3) is 5.15. The number of aliphatic carboxylic acids is 1. The molecule has 5 nitrogen and oxygen atoms in total. The number of carboxylic acid groups (broad SMARTS) is 1. The van der Waals surface area contributed by atoms with Crippen LogP contribution in [-0.2, 0) is 19.1 Å². The van der Waals surface area contributed by atoms with E-state index in [1.807, 2.05) is 0 Å². The normalized spacial score (nSPS) is 11.9. The predicted molar refractivity (Wildman–Crippen MR) is 52.3 cm³/mol. The maximum Gasteiger partial charge on any atom is 0.317 e.